The molecule has 1 aromatic carbocycles. The van der Waals surface area contributed by atoms with Crippen molar-refractivity contribution in [3.63, 3.8) is 0 Å². The Morgan fingerprint density at radius 2 is 2.22 bits per heavy atom. The van der Waals surface area contributed by atoms with Crippen molar-refractivity contribution in [3.8, 4) is 11.5 Å². The first-order valence-electron chi connectivity index (χ1n) is 8.53. The second-order valence-corrected chi connectivity index (χ2v) is 6.46. The fourth-order valence-corrected chi connectivity index (χ4v) is 3.30. The lowest BCUT2D eigenvalue weighted by molar-refractivity contribution is -0.286. The van der Waals surface area contributed by atoms with Crippen molar-refractivity contribution in [1.82, 2.24) is 19.8 Å². The van der Waals surface area contributed by atoms with E-state index < -0.39 is 6.29 Å². The molecule has 27 heavy (non-hydrogen) atoms. The number of carbonyl (C=O) groups is 1. The SMILES string of the molecule is Cn1ccnc1C1CNCCN1CC(=O)Nc1ccc2c(c1)OC(F)(F)O2. The zero-order valence-electron chi connectivity index (χ0n) is 14.6. The van der Waals surface area contributed by atoms with Crippen molar-refractivity contribution in [2.75, 3.05) is 31.5 Å². The van der Waals surface area contributed by atoms with Gasteiger partial charge in [-0.05, 0) is 12.1 Å². The highest BCUT2D eigenvalue weighted by Gasteiger charge is 2.43. The number of imidazole rings is 1. The van der Waals surface area contributed by atoms with Gasteiger partial charge in [-0.2, -0.15) is 0 Å². The van der Waals surface area contributed by atoms with E-state index in [0.717, 1.165) is 12.4 Å². The molecular formula is C17H19F2N5O3. The Labute approximate surface area is 154 Å². The number of aromatic nitrogens is 2. The molecule has 1 atom stereocenters. The van der Waals surface area contributed by atoms with Gasteiger partial charge >= 0.3 is 6.29 Å². The number of carbonyl (C=O) groups excluding carboxylic acids is 1. The normalized spacial score (nSPS) is 21.2. The third-order valence-electron chi connectivity index (χ3n) is 4.54. The topological polar surface area (TPSA) is 80.7 Å². The van der Waals surface area contributed by atoms with E-state index in [-0.39, 0.29) is 30.0 Å². The Kier molecular flexibility index (Phi) is 4.44. The summed E-state index contributed by atoms with van der Waals surface area (Å²) >= 11 is 0. The number of halogens is 2. The number of ether oxygens (including phenoxy) is 2. The standard InChI is InChI=1S/C17H19F2N5O3/c1-23-6-5-21-16(23)12-9-20-4-7-24(12)10-15(25)22-11-2-3-13-14(8-11)27-17(18,19)26-13/h2-3,5-6,8,12,20H,4,7,9-10H2,1H3,(H,22,25). The summed E-state index contributed by atoms with van der Waals surface area (Å²) in [6, 6.07) is 4.13. The summed E-state index contributed by atoms with van der Waals surface area (Å²) in [6.07, 6.45) is -0.0871. The predicted octanol–water partition coefficient (Wildman–Crippen LogP) is 1.33. The van der Waals surface area contributed by atoms with Crippen LogP contribution in [0.3, 0.4) is 0 Å². The van der Waals surface area contributed by atoms with Crippen molar-refractivity contribution < 1.29 is 23.0 Å². The first-order chi connectivity index (χ1) is 12.9. The van der Waals surface area contributed by atoms with Crippen LogP contribution in [-0.2, 0) is 11.8 Å². The Balaban J connectivity index is 1.42. The molecule has 0 radical (unpaired) electrons. The van der Waals surface area contributed by atoms with Gasteiger partial charge in [0.1, 0.15) is 5.82 Å². The van der Waals surface area contributed by atoms with Gasteiger partial charge in [0, 0.05) is 50.8 Å². The maximum atomic E-state index is 13.1. The summed E-state index contributed by atoms with van der Waals surface area (Å²) in [5.74, 6) is 0.461. The van der Waals surface area contributed by atoms with Crippen LogP contribution in [0.1, 0.15) is 11.9 Å². The second-order valence-electron chi connectivity index (χ2n) is 6.46. The molecule has 2 aromatic rings. The highest BCUT2D eigenvalue weighted by molar-refractivity contribution is 5.92. The molecule has 0 bridgehead atoms. The van der Waals surface area contributed by atoms with E-state index in [4.69, 9.17) is 0 Å². The Morgan fingerprint density at radius 3 is 3.00 bits per heavy atom. The van der Waals surface area contributed by atoms with E-state index in [0.29, 0.717) is 18.8 Å². The van der Waals surface area contributed by atoms with Gasteiger partial charge in [0.15, 0.2) is 11.5 Å². The minimum Gasteiger partial charge on any atom is -0.395 e. The number of hydrogen-bond acceptors (Lipinski definition) is 6. The average Bonchev–Trinajstić information content (AvgIpc) is 3.16. The fraction of sp³-hybridized carbons (Fsp3) is 0.412. The summed E-state index contributed by atoms with van der Waals surface area (Å²) in [5, 5.41) is 6.03. The van der Waals surface area contributed by atoms with Crippen molar-refractivity contribution >= 4 is 11.6 Å². The highest BCUT2D eigenvalue weighted by Crippen LogP contribution is 2.42. The number of amides is 1. The predicted molar refractivity (Wildman–Crippen MR) is 91.7 cm³/mol. The second kappa shape index (κ2) is 6.78. The van der Waals surface area contributed by atoms with Crippen molar-refractivity contribution in [1.29, 1.82) is 0 Å². The molecule has 8 nitrogen and oxygen atoms in total. The first kappa shape index (κ1) is 17.7. The van der Waals surface area contributed by atoms with Crippen molar-refractivity contribution in [3.05, 3.63) is 36.4 Å². The van der Waals surface area contributed by atoms with Crippen LogP contribution in [0.2, 0.25) is 0 Å². The number of hydrogen-bond donors (Lipinski definition) is 2. The van der Waals surface area contributed by atoms with E-state index in [1.165, 1.54) is 18.2 Å². The molecule has 2 N–H and O–H groups in total. The molecule has 3 heterocycles. The Bertz CT molecular complexity index is 857. The van der Waals surface area contributed by atoms with Gasteiger partial charge in [0.05, 0.1) is 12.6 Å². The van der Waals surface area contributed by atoms with Gasteiger partial charge in [-0.25, -0.2) is 4.98 Å². The summed E-state index contributed by atoms with van der Waals surface area (Å²) in [4.78, 5) is 18.9. The molecule has 10 heteroatoms. The molecule has 2 aliphatic heterocycles. The number of anilines is 1. The number of rotatable bonds is 4. The number of aryl methyl sites for hydroxylation is 1. The average molecular weight is 379 g/mol. The quantitative estimate of drug-likeness (QED) is 0.834. The summed E-state index contributed by atoms with van der Waals surface area (Å²) in [5.41, 5.74) is 0.365. The van der Waals surface area contributed by atoms with Gasteiger partial charge in [0.25, 0.3) is 0 Å². The van der Waals surface area contributed by atoms with Crippen LogP contribution in [0, 0.1) is 0 Å². The van der Waals surface area contributed by atoms with Gasteiger partial charge in [-0.1, -0.05) is 0 Å². The number of fused-ring (bicyclic) bond motifs is 1. The van der Waals surface area contributed by atoms with E-state index in [1.54, 1.807) is 6.20 Å². The molecular weight excluding hydrogens is 360 g/mol. The van der Waals surface area contributed by atoms with Gasteiger partial charge in [-0.15, -0.1) is 8.78 Å². The lowest BCUT2D eigenvalue weighted by Crippen LogP contribution is -2.49. The highest BCUT2D eigenvalue weighted by atomic mass is 19.3. The van der Waals surface area contributed by atoms with Crippen molar-refractivity contribution in [2.45, 2.75) is 12.3 Å². The van der Waals surface area contributed by atoms with E-state index in [1.807, 2.05) is 22.7 Å². The van der Waals surface area contributed by atoms with E-state index >= 15 is 0 Å². The fourth-order valence-electron chi connectivity index (χ4n) is 3.30. The molecule has 1 unspecified atom stereocenters. The molecule has 1 fully saturated rings. The van der Waals surface area contributed by atoms with Crippen LogP contribution in [-0.4, -0.2) is 52.8 Å². The van der Waals surface area contributed by atoms with Crippen LogP contribution in [0.15, 0.2) is 30.6 Å². The smallest absolute Gasteiger partial charge is 0.395 e. The van der Waals surface area contributed by atoms with Gasteiger partial charge in [-0.3, -0.25) is 9.69 Å². The number of nitrogens with one attached hydrogen (secondary N) is 2. The Hall–Kier alpha value is -2.72. The lowest BCUT2D eigenvalue weighted by Gasteiger charge is -2.35. The zero-order valence-corrected chi connectivity index (χ0v) is 14.6. The van der Waals surface area contributed by atoms with Crippen LogP contribution in [0.25, 0.3) is 0 Å². The maximum absolute atomic E-state index is 13.1. The summed E-state index contributed by atoms with van der Waals surface area (Å²) in [6.45, 7) is 2.31. The van der Waals surface area contributed by atoms with Gasteiger partial charge < -0.3 is 24.7 Å². The molecule has 1 amide bonds. The maximum Gasteiger partial charge on any atom is 0.586 e. The van der Waals surface area contributed by atoms with Crippen LogP contribution >= 0.6 is 0 Å². The molecule has 1 saturated heterocycles. The Morgan fingerprint density at radius 1 is 1.41 bits per heavy atom. The monoisotopic (exact) mass is 379 g/mol. The molecule has 0 saturated carbocycles. The largest absolute Gasteiger partial charge is 0.586 e. The van der Waals surface area contributed by atoms with E-state index in [2.05, 4.69) is 25.1 Å². The minimum absolute atomic E-state index is 0.0278. The minimum atomic E-state index is -3.68. The van der Waals surface area contributed by atoms with Gasteiger partial charge in [0.2, 0.25) is 5.91 Å². The lowest BCUT2D eigenvalue weighted by atomic mass is 10.1. The molecule has 0 spiro atoms. The number of nitrogens with zero attached hydrogens (tertiary/aromatic N) is 3. The molecule has 2 aliphatic rings. The zero-order chi connectivity index (χ0) is 19.0. The number of benzene rings is 1. The number of piperazine rings is 1. The van der Waals surface area contributed by atoms with Crippen LogP contribution < -0.4 is 20.1 Å². The van der Waals surface area contributed by atoms with Crippen molar-refractivity contribution in [2.24, 2.45) is 7.05 Å². The molecule has 0 aliphatic carbocycles. The molecule has 144 valence electrons. The molecule has 4 rings (SSSR count). The summed E-state index contributed by atoms with van der Waals surface area (Å²) in [7, 11) is 1.91. The third kappa shape index (κ3) is 3.71. The third-order valence-corrected chi connectivity index (χ3v) is 4.54. The van der Waals surface area contributed by atoms with Crippen LogP contribution in [0.5, 0.6) is 11.5 Å². The first-order valence-corrected chi connectivity index (χ1v) is 8.53. The van der Waals surface area contributed by atoms with Crippen LogP contribution in [0.4, 0.5) is 14.5 Å². The summed E-state index contributed by atoms with van der Waals surface area (Å²) < 4.78 is 36.9. The number of alkyl halides is 2. The molecule has 1 aromatic heterocycles. The van der Waals surface area contributed by atoms with E-state index in [9.17, 15) is 13.6 Å².